The summed E-state index contributed by atoms with van der Waals surface area (Å²) in [6.07, 6.45) is 1.64. The van der Waals surface area contributed by atoms with Gasteiger partial charge in [-0.3, -0.25) is 4.98 Å². The average molecular weight is 277 g/mol. The lowest BCUT2D eigenvalue weighted by Gasteiger charge is -2.01. The number of aromatic nitrogens is 1. The smallest absolute Gasteiger partial charge is 0.0903 e. The van der Waals surface area contributed by atoms with Crippen molar-refractivity contribution in [3.8, 4) is 0 Å². The molecule has 0 aliphatic rings. The van der Waals surface area contributed by atoms with Crippen molar-refractivity contribution in [1.82, 2.24) is 4.98 Å². The van der Waals surface area contributed by atoms with Gasteiger partial charge < -0.3 is 0 Å². The summed E-state index contributed by atoms with van der Waals surface area (Å²) in [6, 6.07) is 5.44. The number of rotatable bonds is 0. The zero-order valence-corrected chi connectivity index (χ0v) is 9.49. The summed E-state index contributed by atoms with van der Waals surface area (Å²) in [5, 5.41) is 2.13. The molecule has 66 valence electrons. The highest BCUT2D eigenvalue weighted by Crippen LogP contribution is 2.30. The van der Waals surface area contributed by atoms with Crippen LogP contribution in [0.4, 0.5) is 0 Å². The molecule has 0 fully saturated rings. The summed E-state index contributed by atoms with van der Waals surface area (Å²) >= 11 is 15.3. The van der Waals surface area contributed by atoms with Gasteiger partial charge in [0.1, 0.15) is 0 Å². The lowest BCUT2D eigenvalue weighted by atomic mass is 10.2. The van der Waals surface area contributed by atoms with Gasteiger partial charge in [-0.1, -0.05) is 39.1 Å². The van der Waals surface area contributed by atoms with Crippen LogP contribution in [-0.4, -0.2) is 4.98 Å². The second-order valence-electron chi connectivity index (χ2n) is 2.58. The van der Waals surface area contributed by atoms with Crippen molar-refractivity contribution in [3.63, 3.8) is 0 Å². The van der Waals surface area contributed by atoms with E-state index in [4.69, 9.17) is 23.2 Å². The maximum absolute atomic E-state index is 5.98. The molecule has 2 aromatic rings. The molecule has 0 aliphatic carbocycles. The summed E-state index contributed by atoms with van der Waals surface area (Å²) < 4.78 is 0.903. The molecule has 0 amide bonds. The molecule has 13 heavy (non-hydrogen) atoms. The minimum absolute atomic E-state index is 0.604. The highest BCUT2D eigenvalue weighted by Gasteiger charge is 2.04. The van der Waals surface area contributed by atoms with Gasteiger partial charge in [-0.05, 0) is 18.2 Å². The number of benzene rings is 1. The Labute approximate surface area is 93.8 Å². The van der Waals surface area contributed by atoms with Crippen molar-refractivity contribution >= 4 is 50.0 Å². The lowest BCUT2D eigenvalue weighted by molar-refractivity contribution is 1.41. The minimum atomic E-state index is 0.604. The first-order valence-electron chi connectivity index (χ1n) is 3.58. The third kappa shape index (κ3) is 1.66. The Morgan fingerprint density at radius 2 is 1.92 bits per heavy atom. The molecular formula is C9H4BrCl2N. The molecule has 0 saturated carbocycles. The fourth-order valence-electron chi connectivity index (χ4n) is 1.15. The van der Waals surface area contributed by atoms with E-state index in [1.54, 1.807) is 18.3 Å². The molecule has 0 unspecified atom stereocenters. The Bertz CT molecular complexity index is 470. The van der Waals surface area contributed by atoms with Gasteiger partial charge in [0.05, 0.1) is 15.6 Å². The average Bonchev–Trinajstić information content (AvgIpc) is 2.07. The van der Waals surface area contributed by atoms with Crippen molar-refractivity contribution in [2.24, 2.45) is 0 Å². The van der Waals surface area contributed by atoms with Crippen LogP contribution in [0.5, 0.6) is 0 Å². The third-order valence-electron chi connectivity index (χ3n) is 1.71. The first kappa shape index (κ1) is 9.25. The number of halogens is 3. The van der Waals surface area contributed by atoms with Gasteiger partial charge in [0.2, 0.25) is 0 Å². The number of nitrogens with zero attached hydrogens (tertiary/aromatic N) is 1. The van der Waals surface area contributed by atoms with Gasteiger partial charge in [0, 0.05) is 16.1 Å². The topological polar surface area (TPSA) is 12.9 Å². The molecule has 1 heterocycles. The monoisotopic (exact) mass is 275 g/mol. The van der Waals surface area contributed by atoms with Crippen molar-refractivity contribution in [2.75, 3.05) is 0 Å². The molecule has 0 atom stereocenters. The quantitative estimate of drug-likeness (QED) is 0.699. The Hall–Kier alpha value is -0.310. The molecule has 0 radical (unpaired) electrons. The fraction of sp³-hybridized carbons (Fsp3) is 0. The molecule has 4 heteroatoms. The second kappa shape index (κ2) is 3.45. The van der Waals surface area contributed by atoms with Gasteiger partial charge >= 0.3 is 0 Å². The van der Waals surface area contributed by atoms with Gasteiger partial charge in [-0.25, -0.2) is 0 Å². The van der Waals surface area contributed by atoms with Crippen molar-refractivity contribution < 1.29 is 0 Å². The summed E-state index contributed by atoms with van der Waals surface area (Å²) in [7, 11) is 0. The molecule has 0 bridgehead atoms. The first-order chi connectivity index (χ1) is 6.18. The van der Waals surface area contributed by atoms with Crippen molar-refractivity contribution in [2.45, 2.75) is 0 Å². The molecule has 2 rings (SSSR count). The van der Waals surface area contributed by atoms with Gasteiger partial charge in [-0.2, -0.15) is 0 Å². The highest BCUT2D eigenvalue weighted by atomic mass is 79.9. The molecule has 1 nitrogen and oxygen atoms in total. The van der Waals surface area contributed by atoms with Crippen LogP contribution in [0.15, 0.2) is 28.9 Å². The Morgan fingerprint density at radius 1 is 1.15 bits per heavy atom. The van der Waals surface area contributed by atoms with E-state index in [0.717, 1.165) is 15.4 Å². The Kier molecular flexibility index (Phi) is 2.45. The van der Waals surface area contributed by atoms with E-state index in [0.29, 0.717) is 10.0 Å². The fourth-order valence-corrected chi connectivity index (χ4v) is 2.20. The van der Waals surface area contributed by atoms with Crippen LogP contribution in [-0.2, 0) is 0 Å². The summed E-state index contributed by atoms with van der Waals surface area (Å²) in [5.41, 5.74) is 0.734. The van der Waals surface area contributed by atoms with Crippen LogP contribution in [0.3, 0.4) is 0 Å². The number of fused-ring (bicyclic) bond motifs is 1. The zero-order chi connectivity index (χ0) is 9.42. The summed E-state index contributed by atoms with van der Waals surface area (Å²) in [4.78, 5) is 4.15. The van der Waals surface area contributed by atoms with Crippen molar-refractivity contribution in [1.29, 1.82) is 0 Å². The van der Waals surface area contributed by atoms with Gasteiger partial charge in [0.15, 0.2) is 0 Å². The first-order valence-corrected chi connectivity index (χ1v) is 5.12. The molecule has 0 aliphatic heterocycles. The summed E-state index contributed by atoms with van der Waals surface area (Å²) in [5.74, 6) is 0. The minimum Gasteiger partial charge on any atom is -0.255 e. The number of hydrogen-bond acceptors (Lipinski definition) is 1. The normalized spacial score (nSPS) is 10.7. The third-order valence-corrected chi connectivity index (χ3v) is 2.79. The zero-order valence-electron chi connectivity index (χ0n) is 6.39. The van der Waals surface area contributed by atoms with Gasteiger partial charge in [-0.15, -0.1) is 0 Å². The van der Waals surface area contributed by atoms with Crippen LogP contribution in [0, 0.1) is 0 Å². The molecule has 0 spiro atoms. The predicted octanol–water partition coefficient (Wildman–Crippen LogP) is 4.30. The standard InChI is InChI=1S/C9H4BrCl2N/c10-5-3-6-7(11)1-2-13-9(6)8(12)4-5/h1-4H. The maximum atomic E-state index is 5.98. The largest absolute Gasteiger partial charge is 0.255 e. The lowest BCUT2D eigenvalue weighted by Crippen LogP contribution is -1.80. The molecule has 0 N–H and O–H groups in total. The highest BCUT2D eigenvalue weighted by molar-refractivity contribution is 9.10. The molecule has 1 aromatic carbocycles. The van der Waals surface area contributed by atoms with Crippen LogP contribution in [0.2, 0.25) is 10.0 Å². The molecular weight excluding hydrogens is 273 g/mol. The Morgan fingerprint density at radius 3 is 2.69 bits per heavy atom. The van der Waals surface area contributed by atoms with E-state index >= 15 is 0 Å². The van der Waals surface area contributed by atoms with E-state index in [1.807, 2.05) is 6.07 Å². The van der Waals surface area contributed by atoms with Crippen LogP contribution in [0.25, 0.3) is 10.9 Å². The van der Waals surface area contributed by atoms with Gasteiger partial charge in [0.25, 0.3) is 0 Å². The Balaban J connectivity index is 2.94. The predicted molar refractivity (Wildman–Crippen MR) is 59.5 cm³/mol. The molecule has 0 saturated heterocycles. The number of pyridine rings is 1. The van der Waals surface area contributed by atoms with E-state index in [9.17, 15) is 0 Å². The van der Waals surface area contributed by atoms with E-state index < -0.39 is 0 Å². The van der Waals surface area contributed by atoms with E-state index in [-0.39, 0.29) is 0 Å². The van der Waals surface area contributed by atoms with Crippen LogP contribution < -0.4 is 0 Å². The van der Waals surface area contributed by atoms with E-state index in [2.05, 4.69) is 20.9 Å². The molecule has 1 aromatic heterocycles. The second-order valence-corrected chi connectivity index (χ2v) is 4.31. The van der Waals surface area contributed by atoms with Crippen LogP contribution >= 0.6 is 39.1 Å². The van der Waals surface area contributed by atoms with Crippen LogP contribution in [0.1, 0.15) is 0 Å². The van der Waals surface area contributed by atoms with Crippen molar-refractivity contribution in [3.05, 3.63) is 38.9 Å². The SMILES string of the molecule is Clc1ccnc2c(Cl)cc(Br)cc12. The summed E-state index contributed by atoms with van der Waals surface area (Å²) in [6.45, 7) is 0. The maximum Gasteiger partial charge on any atom is 0.0903 e. The number of hydrogen-bond donors (Lipinski definition) is 0. The van der Waals surface area contributed by atoms with E-state index in [1.165, 1.54) is 0 Å².